The molecule has 0 aliphatic heterocycles. The molecule has 0 aromatic rings. The zero-order valence-electron chi connectivity index (χ0n) is 9.12. The third-order valence-electron chi connectivity index (χ3n) is 1.64. The normalized spacial score (nSPS) is 11.9. The minimum Gasteiger partial charge on any atom is -0.465 e. The third-order valence-corrected chi connectivity index (χ3v) is 2.73. The van der Waals surface area contributed by atoms with Gasteiger partial charge in [-0.3, -0.25) is 9.59 Å². The monoisotopic (exact) mass is 234 g/mol. The van der Waals surface area contributed by atoms with Gasteiger partial charge in [-0.15, -0.1) is 0 Å². The first kappa shape index (κ1) is 14.2. The lowest BCUT2D eigenvalue weighted by Gasteiger charge is -2.09. The number of nitrogens with one attached hydrogen (secondary N) is 1. The van der Waals surface area contributed by atoms with Gasteiger partial charge in [0.05, 0.1) is 6.61 Å². The summed E-state index contributed by atoms with van der Waals surface area (Å²) in [4.78, 5) is 21.9. The van der Waals surface area contributed by atoms with Crippen molar-refractivity contribution in [2.75, 3.05) is 25.2 Å². The largest absolute Gasteiger partial charge is 0.465 e. The van der Waals surface area contributed by atoms with Crippen LogP contribution in [0, 0.1) is 0 Å². The van der Waals surface area contributed by atoms with Gasteiger partial charge in [-0.2, -0.15) is 11.8 Å². The van der Waals surface area contributed by atoms with Crippen LogP contribution in [0.3, 0.4) is 0 Å². The molecule has 6 heteroatoms. The van der Waals surface area contributed by atoms with Gasteiger partial charge >= 0.3 is 5.97 Å². The van der Waals surface area contributed by atoms with E-state index in [9.17, 15) is 9.59 Å². The molecule has 0 bridgehead atoms. The Bertz CT molecular complexity index is 212. The molecular weight excluding hydrogens is 216 g/mol. The molecule has 1 amide bonds. The quantitative estimate of drug-likeness (QED) is 0.469. The van der Waals surface area contributed by atoms with Crippen molar-refractivity contribution in [2.45, 2.75) is 19.4 Å². The first-order chi connectivity index (χ1) is 7.11. The number of rotatable bonds is 7. The smallest absolute Gasteiger partial charge is 0.323 e. The van der Waals surface area contributed by atoms with Crippen molar-refractivity contribution in [3.05, 3.63) is 0 Å². The Morgan fingerprint density at radius 1 is 1.53 bits per heavy atom. The fraction of sp³-hybridized carbons (Fsp3) is 0.778. The summed E-state index contributed by atoms with van der Waals surface area (Å²) in [6, 6.07) is -0.598. The number of carbonyl (C=O) groups excluding carboxylic acids is 2. The molecule has 3 N–H and O–H groups in total. The van der Waals surface area contributed by atoms with Crippen molar-refractivity contribution in [1.29, 1.82) is 0 Å². The minimum absolute atomic E-state index is 0.00722. The second kappa shape index (κ2) is 8.55. The molecule has 0 heterocycles. The highest BCUT2D eigenvalue weighted by Crippen LogP contribution is 2.04. The Hall–Kier alpha value is -0.750. The van der Waals surface area contributed by atoms with Gasteiger partial charge in [0.25, 0.3) is 0 Å². The summed E-state index contributed by atoms with van der Waals surface area (Å²) < 4.78 is 4.75. The second-order valence-corrected chi connectivity index (χ2v) is 4.01. The van der Waals surface area contributed by atoms with E-state index in [1.54, 1.807) is 14.0 Å². The molecule has 0 aromatic carbocycles. The highest BCUT2D eigenvalue weighted by molar-refractivity contribution is 7.99. The first-order valence-electron chi connectivity index (χ1n) is 4.82. The molecular formula is C9H18N2O3S. The topological polar surface area (TPSA) is 81.4 Å². The standard InChI is InChI=1S/C9H18N2O3S/c1-3-14-9(13)7(10)6-15-5-4-8(12)11-2/h7H,3-6,10H2,1-2H3,(H,11,12). The molecule has 0 aliphatic carbocycles. The highest BCUT2D eigenvalue weighted by atomic mass is 32.2. The molecule has 0 saturated heterocycles. The molecule has 1 unspecified atom stereocenters. The van der Waals surface area contributed by atoms with Crippen molar-refractivity contribution in [1.82, 2.24) is 5.32 Å². The van der Waals surface area contributed by atoms with Crippen molar-refractivity contribution < 1.29 is 14.3 Å². The summed E-state index contributed by atoms with van der Waals surface area (Å²) in [5.74, 6) is 0.750. The van der Waals surface area contributed by atoms with Gasteiger partial charge in [0.1, 0.15) is 6.04 Å². The number of nitrogens with two attached hydrogens (primary N) is 1. The van der Waals surface area contributed by atoms with Crippen LogP contribution >= 0.6 is 11.8 Å². The van der Waals surface area contributed by atoms with E-state index < -0.39 is 6.04 Å². The lowest BCUT2D eigenvalue weighted by atomic mass is 10.4. The SMILES string of the molecule is CCOC(=O)C(N)CSCCC(=O)NC. The van der Waals surface area contributed by atoms with Crippen molar-refractivity contribution in [3.63, 3.8) is 0 Å². The first-order valence-corrected chi connectivity index (χ1v) is 5.97. The maximum Gasteiger partial charge on any atom is 0.323 e. The molecule has 0 spiro atoms. The third kappa shape index (κ3) is 7.21. The summed E-state index contributed by atoms with van der Waals surface area (Å²) in [6.45, 7) is 2.08. The van der Waals surface area contributed by atoms with Crippen molar-refractivity contribution in [2.24, 2.45) is 5.73 Å². The fourth-order valence-electron chi connectivity index (χ4n) is 0.818. The minimum atomic E-state index is -0.598. The Morgan fingerprint density at radius 2 is 2.20 bits per heavy atom. The molecule has 0 saturated carbocycles. The molecule has 1 atom stereocenters. The van der Waals surface area contributed by atoms with Crippen LogP contribution in [0.4, 0.5) is 0 Å². The molecule has 88 valence electrons. The lowest BCUT2D eigenvalue weighted by molar-refractivity contribution is -0.144. The number of amides is 1. The Labute approximate surface area is 94.1 Å². The van der Waals surface area contributed by atoms with E-state index in [4.69, 9.17) is 10.5 Å². The summed E-state index contributed by atoms with van der Waals surface area (Å²) in [6.07, 6.45) is 0.441. The second-order valence-electron chi connectivity index (χ2n) is 2.86. The average Bonchev–Trinajstić information content (AvgIpc) is 2.23. The highest BCUT2D eigenvalue weighted by Gasteiger charge is 2.14. The number of esters is 1. The summed E-state index contributed by atoms with van der Waals surface area (Å²) in [5.41, 5.74) is 5.56. The van der Waals surface area contributed by atoms with E-state index in [0.29, 0.717) is 24.5 Å². The van der Waals surface area contributed by atoms with Crippen LogP contribution in [-0.4, -0.2) is 43.1 Å². The molecule has 0 aromatic heterocycles. The maximum absolute atomic E-state index is 11.1. The predicted molar refractivity (Wildman–Crippen MR) is 60.6 cm³/mol. The van der Waals surface area contributed by atoms with E-state index in [0.717, 1.165) is 0 Å². The number of hydrogen-bond acceptors (Lipinski definition) is 5. The van der Waals surface area contributed by atoms with E-state index >= 15 is 0 Å². The van der Waals surface area contributed by atoms with Crippen LogP contribution in [0.2, 0.25) is 0 Å². The summed E-state index contributed by atoms with van der Waals surface area (Å²) >= 11 is 1.47. The van der Waals surface area contributed by atoms with Gasteiger partial charge in [0, 0.05) is 25.0 Å². The summed E-state index contributed by atoms with van der Waals surface area (Å²) in [7, 11) is 1.59. The van der Waals surface area contributed by atoms with Crippen LogP contribution in [0.1, 0.15) is 13.3 Å². The van der Waals surface area contributed by atoms with Crippen molar-refractivity contribution in [3.8, 4) is 0 Å². The molecule has 0 radical (unpaired) electrons. The van der Waals surface area contributed by atoms with Crippen LogP contribution in [0.5, 0.6) is 0 Å². The Kier molecular flexibility index (Phi) is 8.12. The lowest BCUT2D eigenvalue weighted by Crippen LogP contribution is -2.34. The van der Waals surface area contributed by atoms with Gasteiger partial charge in [-0.1, -0.05) is 0 Å². The zero-order valence-corrected chi connectivity index (χ0v) is 9.93. The van der Waals surface area contributed by atoms with Crippen LogP contribution in [0.15, 0.2) is 0 Å². The van der Waals surface area contributed by atoms with E-state index in [1.807, 2.05) is 0 Å². The van der Waals surface area contributed by atoms with Crippen LogP contribution in [-0.2, 0) is 14.3 Å². The number of thioether (sulfide) groups is 1. The zero-order chi connectivity index (χ0) is 11.7. The Morgan fingerprint density at radius 3 is 2.73 bits per heavy atom. The maximum atomic E-state index is 11.1. The molecule has 0 rings (SSSR count). The van der Waals surface area contributed by atoms with Crippen molar-refractivity contribution >= 4 is 23.6 Å². The predicted octanol–water partition coefficient (Wildman–Crippen LogP) is -0.254. The number of hydrogen-bond donors (Lipinski definition) is 2. The fourth-order valence-corrected chi connectivity index (χ4v) is 1.70. The molecule has 0 aliphatic rings. The van der Waals surface area contributed by atoms with Gasteiger partial charge < -0.3 is 15.8 Å². The molecule has 15 heavy (non-hydrogen) atoms. The van der Waals surface area contributed by atoms with Gasteiger partial charge in [-0.05, 0) is 6.92 Å². The van der Waals surface area contributed by atoms with Gasteiger partial charge in [0.2, 0.25) is 5.91 Å². The van der Waals surface area contributed by atoms with Crippen LogP contribution < -0.4 is 11.1 Å². The van der Waals surface area contributed by atoms with Gasteiger partial charge in [-0.25, -0.2) is 0 Å². The number of ether oxygens (including phenoxy) is 1. The van der Waals surface area contributed by atoms with E-state index in [2.05, 4.69) is 5.32 Å². The summed E-state index contributed by atoms with van der Waals surface area (Å²) in [5, 5.41) is 2.52. The Balaban J connectivity index is 3.50. The van der Waals surface area contributed by atoms with Gasteiger partial charge in [0.15, 0.2) is 0 Å². The van der Waals surface area contributed by atoms with E-state index in [1.165, 1.54) is 11.8 Å². The average molecular weight is 234 g/mol. The molecule has 0 fully saturated rings. The molecule has 5 nitrogen and oxygen atoms in total. The van der Waals surface area contributed by atoms with E-state index in [-0.39, 0.29) is 11.9 Å². The van der Waals surface area contributed by atoms with Crippen LogP contribution in [0.25, 0.3) is 0 Å². The number of carbonyl (C=O) groups is 2.